The predicted octanol–water partition coefficient (Wildman–Crippen LogP) is 4.84. The second-order valence-corrected chi connectivity index (χ2v) is 8.54. The molecule has 0 spiro atoms. The van der Waals surface area contributed by atoms with Gasteiger partial charge >= 0.3 is 0 Å². The number of benzene rings is 3. The lowest BCUT2D eigenvalue weighted by atomic mass is 9.97. The minimum absolute atomic E-state index is 0.140. The number of likely N-dealkylation sites (N-methyl/N-ethyl adjacent to an activating group) is 1. The van der Waals surface area contributed by atoms with Crippen molar-refractivity contribution in [1.82, 2.24) is 9.80 Å². The van der Waals surface area contributed by atoms with Crippen LogP contribution >= 0.6 is 0 Å². The maximum atomic E-state index is 13.9. The zero-order valence-electron chi connectivity index (χ0n) is 19.7. The van der Waals surface area contributed by atoms with Gasteiger partial charge in [-0.1, -0.05) is 56.3 Å². The van der Waals surface area contributed by atoms with E-state index in [0.717, 1.165) is 29.4 Å². The van der Waals surface area contributed by atoms with Crippen LogP contribution in [0.25, 0.3) is 21.7 Å². The van der Waals surface area contributed by atoms with Gasteiger partial charge in [-0.3, -0.25) is 9.59 Å². The number of fused-ring (bicyclic) bond motifs is 4. The Labute approximate surface area is 198 Å². The fourth-order valence-corrected chi connectivity index (χ4v) is 4.93. The Hall–Kier alpha value is -3.64. The second-order valence-electron chi connectivity index (χ2n) is 8.54. The molecule has 5 rings (SSSR count). The number of ether oxygens (including phenoxy) is 1. The topological polar surface area (TPSA) is 63.0 Å². The van der Waals surface area contributed by atoms with E-state index in [1.807, 2.05) is 54.6 Å². The number of carbonyl (C=O) groups excluding carboxylic acids is 1. The summed E-state index contributed by atoms with van der Waals surface area (Å²) >= 11 is 0. The summed E-state index contributed by atoms with van der Waals surface area (Å²) in [5, 5.41) is 2.28. The third kappa shape index (κ3) is 3.55. The molecule has 0 bridgehead atoms. The van der Waals surface area contributed by atoms with E-state index in [-0.39, 0.29) is 17.1 Å². The van der Waals surface area contributed by atoms with Crippen LogP contribution in [-0.4, -0.2) is 49.0 Å². The molecule has 0 fully saturated rings. The molecular formula is C28H28N2O4. The van der Waals surface area contributed by atoms with Gasteiger partial charge in [0, 0.05) is 18.5 Å². The van der Waals surface area contributed by atoms with Crippen LogP contribution in [0.2, 0.25) is 0 Å². The van der Waals surface area contributed by atoms with Gasteiger partial charge in [0.2, 0.25) is 5.76 Å². The molecule has 1 amide bonds. The first-order valence-electron chi connectivity index (χ1n) is 11.7. The maximum absolute atomic E-state index is 13.9. The van der Waals surface area contributed by atoms with E-state index in [4.69, 9.17) is 9.15 Å². The van der Waals surface area contributed by atoms with E-state index in [0.29, 0.717) is 35.4 Å². The summed E-state index contributed by atoms with van der Waals surface area (Å²) in [5.41, 5.74) is 1.54. The van der Waals surface area contributed by atoms with E-state index in [1.54, 1.807) is 18.1 Å². The standard InChI is InChI=1S/C28H28N2O4/c1-4-29(5-2)15-16-30-24(19-10-8-11-20(17-19)33-3)23-25(31)22-14-13-18-9-6-7-12-21(18)26(22)34-27(23)28(30)32/h6-14,17,24H,4-5,15-16H2,1-3H3. The van der Waals surface area contributed by atoms with Crippen LogP contribution in [0.3, 0.4) is 0 Å². The Balaban J connectivity index is 1.72. The fraction of sp³-hybridized carbons (Fsp3) is 0.286. The molecule has 0 aliphatic carbocycles. The Morgan fingerprint density at radius 2 is 1.76 bits per heavy atom. The normalized spacial score (nSPS) is 15.5. The number of amides is 1. The van der Waals surface area contributed by atoms with Crippen molar-refractivity contribution >= 4 is 27.6 Å². The lowest BCUT2D eigenvalue weighted by Crippen LogP contribution is -2.37. The molecule has 1 atom stereocenters. The molecule has 6 heteroatoms. The first kappa shape index (κ1) is 22.2. The molecule has 6 nitrogen and oxygen atoms in total. The highest BCUT2D eigenvalue weighted by molar-refractivity contribution is 6.06. The van der Waals surface area contributed by atoms with Gasteiger partial charge in [-0.15, -0.1) is 0 Å². The summed E-state index contributed by atoms with van der Waals surface area (Å²) in [6.07, 6.45) is 0. The quantitative estimate of drug-likeness (QED) is 0.372. The van der Waals surface area contributed by atoms with Gasteiger partial charge in [0.25, 0.3) is 5.91 Å². The van der Waals surface area contributed by atoms with Gasteiger partial charge in [0.05, 0.1) is 24.1 Å². The van der Waals surface area contributed by atoms with E-state index < -0.39 is 6.04 Å². The van der Waals surface area contributed by atoms with Crippen molar-refractivity contribution in [2.45, 2.75) is 19.9 Å². The Morgan fingerprint density at radius 1 is 0.971 bits per heavy atom. The molecule has 0 saturated carbocycles. The first-order valence-corrected chi connectivity index (χ1v) is 11.7. The van der Waals surface area contributed by atoms with Crippen LogP contribution < -0.4 is 10.2 Å². The van der Waals surface area contributed by atoms with Crippen molar-refractivity contribution in [2.24, 2.45) is 0 Å². The van der Waals surface area contributed by atoms with Gasteiger partial charge in [0.1, 0.15) is 11.3 Å². The first-order chi connectivity index (χ1) is 16.6. The summed E-state index contributed by atoms with van der Waals surface area (Å²) in [6.45, 7) is 7.19. The van der Waals surface area contributed by atoms with Crippen LogP contribution in [-0.2, 0) is 0 Å². The molecular weight excluding hydrogens is 428 g/mol. The third-order valence-electron chi connectivity index (χ3n) is 6.82. The Bertz CT molecular complexity index is 1440. The Morgan fingerprint density at radius 3 is 2.53 bits per heavy atom. The molecule has 1 unspecified atom stereocenters. The summed E-state index contributed by atoms with van der Waals surface area (Å²) in [5.74, 6) is 0.571. The largest absolute Gasteiger partial charge is 0.497 e. The van der Waals surface area contributed by atoms with Crippen LogP contribution in [0, 0.1) is 0 Å². The average molecular weight is 457 g/mol. The zero-order chi connectivity index (χ0) is 23.8. The fourth-order valence-electron chi connectivity index (χ4n) is 4.93. The average Bonchev–Trinajstić information content (AvgIpc) is 3.16. The minimum atomic E-state index is -0.528. The number of rotatable bonds is 7. The van der Waals surface area contributed by atoms with Crippen molar-refractivity contribution in [3.05, 3.63) is 87.8 Å². The summed E-state index contributed by atoms with van der Waals surface area (Å²) < 4.78 is 11.7. The van der Waals surface area contributed by atoms with Gasteiger partial charge < -0.3 is 19.0 Å². The zero-order valence-corrected chi connectivity index (χ0v) is 19.7. The lowest BCUT2D eigenvalue weighted by Gasteiger charge is -2.28. The van der Waals surface area contributed by atoms with Crippen LogP contribution in [0.4, 0.5) is 0 Å². The molecule has 34 heavy (non-hydrogen) atoms. The number of carbonyl (C=O) groups is 1. The van der Waals surface area contributed by atoms with E-state index >= 15 is 0 Å². The number of hydrogen-bond acceptors (Lipinski definition) is 5. The summed E-state index contributed by atoms with van der Waals surface area (Å²) in [4.78, 5) is 31.6. The lowest BCUT2D eigenvalue weighted by molar-refractivity contribution is 0.0708. The van der Waals surface area contributed by atoms with E-state index in [2.05, 4.69) is 18.7 Å². The SMILES string of the molecule is CCN(CC)CCN1C(=O)c2oc3c(ccc4ccccc43)c(=O)c2C1c1cccc(OC)c1. The van der Waals surface area contributed by atoms with Gasteiger partial charge in [-0.25, -0.2) is 0 Å². The van der Waals surface area contributed by atoms with Crippen molar-refractivity contribution in [3.8, 4) is 5.75 Å². The van der Waals surface area contributed by atoms with Gasteiger partial charge in [-0.05, 0) is 42.2 Å². The molecule has 1 aliphatic rings. The monoisotopic (exact) mass is 456 g/mol. The second kappa shape index (κ2) is 8.95. The highest BCUT2D eigenvalue weighted by Crippen LogP contribution is 2.39. The van der Waals surface area contributed by atoms with Crippen molar-refractivity contribution in [3.63, 3.8) is 0 Å². The molecule has 2 heterocycles. The molecule has 3 aromatic carbocycles. The number of hydrogen-bond donors (Lipinski definition) is 0. The Kier molecular flexibility index (Phi) is 5.84. The van der Waals surface area contributed by atoms with E-state index in [1.165, 1.54) is 0 Å². The third-order valence-corrected chi connectivity index (χ3v) is 6.82. The van der Waals surface area contributed by atoms with Gasteiger partial charge in [0.15, 0.2) is 5.43 Å². The molecule has 0 N–H and O–H groups in total. The number of methoxy groups -OCH3 is 1. The van der Waals surface area contributed by atoms with Crippen LogP contribution in [0.5, 0.6) is 5.75 Å². The molecule has 0 saturated heterocycles. The molecule has 4 aromatic rings. The van der Waals surface area contributed by atoms with Crippen molar-refractivity contribution in [1.29, 1.82) is 0 Å². The number of nitrogens with zero attached hydrogens (tertiary/aromatic N) is 2. The van der Waals surface area contributed by atoms with Gasteiger partial charge in [-0.2, -0.15) is 0 Å². The van der Waals surface area contributed by atoms with Crippen molar-refractivity contribution in [2.75, 3.05) is 33.3 Å². The molecule has 0 radical (unpaired) electrons. The van der Waals surface area contributed by atoms with E-state index in [9.17, 15) is 9.59 Å². The summed E-state index contributed by atoms with van der Waals surface area (Å²) in [6, 6.07) is 18.5. The maximum Gasteiger partial charge on any atom is 0.290 e. The summed E-state index contributed by atoms with van der Waals surface area (Å²) in [7, 11) is 1.61. The van der Waals surface area contributed by atoms with Crippen LogP contribution in [0.1, 0.15) is 41.6 Å². The smallest absolute Gasteiger partial charge is 0.290 e. The van der Waals surface area contributed by atoms with Crippen LogP contribution in [0.15, 0.2) is 69.9 Å². The molecule has 174 valence electrons. The minimum Gasteiger partial charge on any atom is -0.497 e. The van der Waals surface area contributed by atoms with Crippen molar-refractivity contribution < 1.29 is 13.9 Å². The molecule has 1 aromatic heterocycles. The molecule has 1 aliphatic heterocycles. The highest BCUT2D eigenvalue weighted by Gasteiger charge is 2.42. The highest BCUT2D eigenvalue weighted by atomic mass is 16.5. The predicted molar refractivity (Wildman–Crippen MR) is 134 cm³/mol.